The minimum atomic E-state index is -0.197. The van der Waals surface area contributed by atoms with Crippen LogP contribution in [-0.4, -0.2) is 50.2 Å². The summed E-state index contributed by atoms with van der Waals surface area (Å²) in [6, 6.07) is 10.9. The van der Waals surface area contributed by atoms with Crippen molar-refractivity contribution in [3.05, 3.63) is 54.0 Å². The zero-order chi connectivity index (χ0) is 21.3. The number of benzene rings is 1. The average molecular weight is 413 g/mol. The van der Waals surface area contributed by atoms with E-state index < -0.39 is 0 Å². The Morgan fingerprint density at radius 1 is 1.07 bits per heavy atom. The normalized spacial score (nSPS) is 14.9. The van der Waals surface area contributed by atoms with Gasteiger partial charge in [0.1, 0.15) is 11.6 Å². The van der Waals surface area contributed by atoms with Crippen LogP contribution in [0, 0.1) is 11.7 Å². The Bertz CT molecular complexity index is 813. The van der Waals surface area contributed by atoms with Gasteiger partial charge in [-0.25, -0.2) is 14.4 Å². The zero-order valence-corrected chi connectivity index (χ0v) is 18.2. The molecule has 1 aliphatic rings. The summed E-state index contributed by atoms with van der Waals surface area (Å²) in [4.78, 5) is 13.9. The second kappa shape index (κ2) is 10.8. The number of halogens is 1. The number of nitrogens with zero attached hydrogens (tertiary/aromatic N) is 4. The summed E-state index contributed by atoms with van der Waals surface area (Å²) < 4.78 is 13.2. The fourth-order valence-corrected chi connectivity index (χ4v) is 3.39. The number of nitrogens with one attached hydrogen (secondary N) is 2. The third kappa shape index (κ3) is 6.34. The minimum absolute atomic E-state index is 0.197. The van der Waals surface area contributed by atoms with Crippen molar-refractivity contribution in [1.29, 1.82) is 0 Å². The lowest BCUT2D eigenvalue weighted by molar-refractivity contribution is 0.615. The summed E-state index contributed by atoms with van der Waals surface area (Å²) in [5, 5.41) is 6.67. The molecule has 2 aromatic rings. The molecule has 0 bridgehead atoms. The largest absolute Gasteiger partial charge is 0.368 e. The smallest absolute Gasteiger partial charge is 0.191 e. The first-order valence-corrected chi connectivity index (χ1v) is 10.8. The van der Waals surface area contributed by atoms with Gasteiger partial charge in [0.15, 0.2) is 5.96 Å². The van der Waals surface area contributed by atoms with Gasteiger partial charge < -0.3 is 20.4 Å². The van der Waals surface area contributed by atoms with Crippen LogP contribution in [0.2, 0.25) is 0 Å². The van der Waals surface area contributed by atoms with Crippen LogP contribution >= 0.6 is 0 Å². The van der Waals surface area contributed by atoms with Crippen LogP contribution < -0.4 is 20.4 Å². The maximum atomic E-state index is 13.2. The molecule has 0 radical (unpaired) electrons. The molecular formula is C23H33FN6. The molecule has 6 nitrogen and oxygen atoms in total. The van der Waals surface area contributed by atoms with E-state index in [0.717, 1.165) is 62.3 Å². The molecule has 2 heterocycles. The first-order valence-electron chi connectivity index (χ1n) is 10.8. The number of aromatic nitrogens is 1. The predicted molar refractivity (Wildman–Crippen MR) is 123 cm³/mol. The Labute approximate surface area is 179 Å². The zero-order valence-electron chi connectivity index (χ0n) is 18.2. The van der Waals surface area contributed by atoms with E-state index in [1.165, 1.54) is 12.1 Å². The SMILES string of the molecule is CCNC(=NCc1ccnc(N2CCN(c3ccc(F)cc3)CC2)c1)NCC(C)C. The lowest BCUT2D eigenvalue weighted by atomic mass is 10.2. The average Bonchev–Trinajstić information content (AvgIpc) is 2.76. The van der Waals surface area contributed by atoms with E-state index in [1.54, 1.807) is 0 Å². The molecular weight excluding hydrogens is 379 g/mol. The Balaban J connectivity index is 1.58. The van der Waals surface area contributed by atoms with E-state index in [9.17, 15) is 4.39 Å². The number of guanidine groups is 1. The van der Waals surface area contributed by atoms with Crippen LogP contribution in [0.4, 0.5) is 15.9 Å². The van der Waals surface area contributed by atoms with Gasteiger partial charge in [-0.1, -0.05) is 13.8 Å². The van der Waals surface area contributed by atoms with Gasteiger partial charge in [0.2, 0.25) is 0 Å². The molecule has 0 saturated carbocycles. The predicted octanol–water partition coefficient (Wildman–Crippen LogP) is 3.26. The highest BCUT2D eigenvalue weighted by molar-refractivity contribution is 5.79. The minimum Gasteiger partial charge on any atom is -0.368 e. The molecule has 1 aliphatic heterocycles. The fraction of sp³-hybridized carbons (Fsp3) is 0.478. The molecule has 1 fully saturated rings. The summed E-state index contributed by atoms with van der Waals surface area (Å²) in [6.07, 6.45) is 1.86. The van der Waals surface area contributed by atoms with Gasteiger partial charge in [-0.15, -0.1) is 0 Å². The number of anilines is 2. The van der Waals surface area contributed by atoms with Gasteiger partial charge in [-0.3, -0.25) is 0 Å². The maximum Gasteiger partial charge on any atom is 0.191 e. The lowest BCUT2D eigenvalue weighted by Crippen LogP contribution is -2.46. The van der Waals surface area contributed by atoms with E-state index >= 15 is 0 Å². The number of hydrogen-bond acceptors (Lipinski definition) is 4. The molecule has 0 unspecified atom stereocenters. The van der Waals surface area contributed by atoms with Crippen molar-refractivity contribution >= 4 is 17.5 Å². The van der Waals surface area contributed by atoms with E-state index in [1.807, 2.05) is 24.4 Å². The van der Waals surface area contributed by atoms with Crippen molar-refractivity contribution in [2.45, 2.75) is 27.3 Å². The molecule has 1 aromatic carbocycles. The van der Waals surface area contributed by atoms with E-state index in [2.05, 4.69) is 52.3 Å². The Hall–Kier alpha value is -2.83. The molecule has 2 N–H and O–H groups in total. The Kier molecular flexibility index (Phi) is 7.88. The maximum absolute atomic E-state index is 13.2. The van der Waals surface area contributed by atoms with Crippen LogP contribution in [-0.2, 0) is 6.54 Å². The number of hydrogen-bond donors (Lipinski definition) is 2. The number of pyridine rings is 1. The molecule has 7 heteroatoms. The van der Waals surface area contributed by atoms with Crippen molar-refractivity contribution in [1.82, 2.24) is 15.6 Å². The van der Waals surface area contributed by atoms with Gasteiger partial charge in [-0.05, 0) is 54.8 Å². The molecule has 1 aromatic heterocycles. The quantitative estimate of drug-likeness (QED) is 0.540. The molecule has 30 heavy (non-hydrogen) atoms. The summed E-state index contributed by atoms with van der Waals surface area (Å²) in [5.74, 6) is 2.20. The molecule has 3 rings (SSSR count). The highest BCUT2D eigenvalue weighted by atomic mass is 19.1. The molecule has 0 atom stereocenters. The number of piperazine rings is 1. The van der Waals surface area contributed by atoms with Crippen molar-refractivity contribution in [2.75, 3.05) is 49.1 Å². The van der Waals surface area contributed by atoms with Crippen molar-refractivity contribution in [3.63, 3.8) is 0 Å². The fourth-order valence-electron chi connectivity index (χ4n) is 3.39. The van der Waals surface area contributed by atoms with Gasteiger partial charge >= 0.3 is 0 Å². The second-order valence-corrected chi connectivity index (χ2v) is 7.94. The highest BCUT2D eigenvalue weighted by Gasteiger charge is 2.18. The van der Waals surface area contributed by atoms with E-state index in [4.69, 9.17) is 4.99 Å². The summed E-state index contributed by atoms with van der Waals surface area (Å²) >= 11 is 0. The van der Waals surface area contributed by atoms with Crippen LogP contribution in [0.25, 0.3) is 0 Å². The molecule has 162 valence electrons. The van der Waals surface area contributed by atoms with Crippen molar-refractivity contribution in [3.8, 4) is 0 Å². The first-order chi connectivity index (χ1) is 14.5. The Morgan fingerprint density at radius 3 is 2.43 bits per heavy atom. The van der Waals surface area contributed by atoms with Gasteiger partial charge in [0.05, 0.1) is 6.54 Å². The van der Waals surface area contributed by atoms with Crippen molar-refractivity contribution in [2.24, 2.45) is 10.9 Å². The molecule has 0 amide bonds. The number of aliphatic imine (C=N–C) groups is 1. The second-order valence-electron chi connectivity index (χ2n) is 7.94. The van der Waals surface area contributed by atoms with Crippen LogP contribution in [0.3, 0.4) is 0 Å². The topological polar surface area (TPSA) is 55.8 Å². The van der Waals surface area contributed by atoms with Crippen LogP contribution in [0.5, 0.6) is 0 Å². The summed E-state index contributed by atoms with van der Waals surface area (Å²) in [6.45, 7) is 12.3. The monoisotopic (exact) mass is 412 g/mol. The third-order valence-electron chi connectivity index (χ3n) is 5.05. The van der Waals surface area contributed by atoms with Gasteiger partial charge in [-0.2, -0.15) is 0 Å². The first kappa shape index (κ1) is 21.9. The Morgan fingerprint density at radius 2 is 1.77 bits per heavy atom. The van der Waals surface area contributed by atoms with E-state index in [-0.39, 0.29) is 5.82 Å². The molecule has 0 aliphatic carbocycles. The molecule has 0 spiro atoms. The summed E-state index contributed by atoms with van der Waals surface area (Å²) in [5.41, 5.74) is 2.21. The van der Waals surface area contributed by atoms with Gasteiger partial charge in [0.25, 0.3) is 0 Å². The van der Waals surface area contributed by atoms with Crippen LogP contribution in [0.1, 0.15) is 26.3 Å². The van der Waals surface area contributed by atoms with E-state index in [0.29, 0.717) is 12.5 Å². The van der Waals surface area contributed by atoms with Gasteiger partial charge in [0, 0.05) is 51.2 Å². The molecule has 1 saturated heterocycles. The van der Waals surface area contributed by atoms with Crippen molar-refractivity contribution < 1.29 is 4.39 Å². The lowest BCUT2D eigenvalue weighted by Gasteiger charge is -2.36. The van der Waals surface area contributed by atoms with Crippen LogP contribution in [0.15, 0.2) is 47.6 Å². The standard InChI is InChI=1S/C23H33FN6/c1-4-25-23(27-16-18(2)3)28-17-19-9-10-26-22(15-19)30-13-11-29(12-14-30)21-7-5-20(24)6-8-21/h5-10,15,18H,4,11-14,16-17H2,1-3H3,(H2,25,27,28). The third-order valence-corrected chi connectivity index (χ3v) is 5.05. The summed E-state index contributed by atoms with van der Waals surface area (Å²) in [7, 11) is 0. The number of rotatable bonds is 7. The highest BCUT2D eigenvalue weighted by Crippen LogP contribution is 2.20.